The molecule has 5 nitrogen and oxygen atoms in total. The van der Waals surface area contributed by atoms with Gasteiger partial charge in [-0.25, -0.2) is 4.98 Å². The summed E-state index contributed by atoms with van der Waals surface area (Å²) in [6.07, 6.45) is 4.56. The second-order valence-electron chi connectivity index (χ2n) is 5.50. The molecular formula is C19H19N3O2S. The Hall–Kier alpha value is -2.73. The molecule has 3 rings (SSSR count). The summed E-state index contributed by atoms with van der Waals surface area (Å²) < 4.78 is 5.13. The van der Waals surface area contributed by atoms with Crippen molar-refractivity contribution in [2.24, 2.45) is 0 Å². The van der Waals surface area contributed by atoms with Crippen LogP contribution in [0.5, 0.6) is 5.75 Å². The maximum Gasteiger partial charge on any atom is 0.226 e. The molecule has 0 saturated heterocycles. The van der Waals surface area contributed by atoms with Crippen molar-refractivity contribution in [1.29, 1.82) is 0 Å². The third-order valence-electron chi connectivity index (χ3n) is 3.72. The standard InChI is InChI=1S/C19H19N3O2S/c1-24-17-4-2-14(3-5-17)6-11-21-18(23)12-16-13-25-19(22-16)15-7-9-20-10-8-15/h2-5,7-10,13H,6,11-12H2,1H3,(H,21,23). The van der Waals surface area contributed by atoms with Gasteiger partial charge in [-0.3, -0.25) is 9.78 Å². The number of aromatic nitrogens is 2. The molecule has 1 N–H and O–H groups in total. The number of ether oxygens (including phenoxy) is 1. The maximum atomic E-state index is 12.1. The first-order valence-electron chi connectivity index (χ1n) is 7.99. The molecule has 1 amide bonds. The number of carbonyl (C=O) groups excluding carboxylic acids is 1. The molecule has 0 aliphatic rings. The van der Waals surface area contributed by atoms with Gasteiger partial charge in [-0.2, -0.15) is 0 Å². The zero-order valence-electron chi connectivity index (χ0n) is 13.9. The van der Waals surface area contributed by atoms with Gasteiger partial charge in [0, 0.05) is 29.9 Å². The molecule has 0 radical (unpaired) electrons. The third kappa shape index (κ3) is 4.87. The van der Waals surface area contributed by atoms with Crippen molar-refractivity contribution in [3.8, 4) is 16.3 Å². The van der Waals surface area contributed by atoms with Gasteiger partial charge in [0.2, 0.25) is 5.91 Å². The van der Waals surface area contributed by atoms with Crippen LogP contribution in [0.2, 0.25) is 0 Å². The first kappa shape index (κ1) is 17.1. The van der Waals surface area contributed by atoms with E-state index in [1.165, 1.54) is 11.3 Å². The van der Waals surface area contributed by atoms with Crippen LogP contribution in [0.1, 0.15) is 11.3 Å². The molecule has 1 aromatic carbocycles. The Bertz CT molecular complexity index is 816. The van der Waals surface area contributed by atoms with Gasteiger partial charge >= 0.3 is 0 Å². The van der Waals surface area contributed by atoms with E-state index in [4.69, 9.17) is 4.74 Å². The van der Waals surface area contributed by atoms with Crippen LogP contribution in [0.4, 0.5) is 0 Å². The van der Waals surface area contributed by atoms with Crippen LogP contribution in [0.15, 0.2) is 54.2 Å². The van der Waals surface area contributed by atoms with Crippen molar-refractivity contribution in [2.45, 2.75) is 12.8 Å². The van der Waals surface area contributed by atoms with Gasteiger partial charge in [0.15, 0.2) is 0 Å². The smallest absolute Gasteiger partial charge is 0.226 e. The summed E-state index contributed by atoms with van der Waals surface area (Å²) >= 11 is 1.54. The zero-order valence-corrected chi connectivity index (χ0v) is 14.8. The molecule has 3 aromatic rings. The maximum absolute atomic E-state index is 12.1. The second kappa shape index (κ2) is 8.39. The third-order valence-corrected chi connectivity index (χ3v) is 4.66. The largest absolute Gasteiger partial charge is 0.497 e. The number of nitrogens with one attached hydrogen (secondary N) is 1. The Kier molecular flexibility index (Phi) is 5.74. The summed E-state index contributed by atoms with van der Waals surface area (Å²) in [7, 11) is 1.65. The van der Waals surface area contributed by atoms with E-state index < -0.39 is 0 Å². The minimum atomic E-state index is -0.0138. The van der Waals surface area contributed by atoms with E-state index in [9.17, 15) is 4.79 Å². The fraction of sp³-hybridized carbons (Fsp3) is 0.211. The predicted octanol–water partition coefficient (Wildman–Crippen LogP) is 3.12. The number of carbonyl (C=O) groups is 1. The van der Waals surface area contributed by atoms with Gasteiger partial charge in [-0.05, 0) is 36.2 Å². The quantitative estimate of drug-likeness (QED) is 0.709. The summed E-state index contributed by atoms with van der Waals surface area (Å²) in [4.78, 5) is 20.6. The molecule has 128 valence electrons. The number of hydrogen-bond donors (Lipinski definition) is 1. The van der Waals surface area contributed by atoms with Crippen molar-refractivity contribution in [3.63, 3.8) is 0 Å². The van der Waals surface area contributed by atoms with Crippen molar-refractivity contribution < 1.29 is 9.53 Å². The number of nitrogens with zero attached hydrogens (tertiary/aromatic N) is 2. The average Bonchev–Trinajstić information content (AvgIpc) is 3.11. The highest BCUT2D eigenvalue weighted by Crippen LogP contribution is 2.22. The van der Waals surface area contributed by atoms with Gasteiger partial charge in [0.05, 0.1) is 19.2 Å². The topological polar surface area (TPSA) is 64.1 Å². The van der Waals surface area contributed by atoms with E-state index in [1.807, 2.05) is 41.8 Å². The highest BCUT2D eigenvalue weighted by Gasteiger charge is 2.08. The van der Waals surface area contributed by atoms with E-state index in [0.29, 0.717) is 13.0 Å². The molecule has 0 bridgehead atoms. The number of methoxy groups -OCH3 is 1. The molecule has 0 atom stereocenters. The fourth-order valence-electron chi connectivity index (χ4n) is 2.38. The number of amides is 1. The molecule has 2 heterocycles. The SMILES string of the molecule is COc1ccc(CCNC(=O)Cc2csc(-c3ccncc3)n2)cc1. The van der Waals surface area contributed by atoms with Crippen molar-refractivity contribution >= 4 is 17.2 Å². The van der Waals surface area contributed by atoms with Crippen LogP contribution < -0.4 is 10.1 Å². The molecule has 0 aliphatic heterocycles. The molecular weight excluding hydrogens is 334 g/mol. The lowest BCUT2D eigenvalue weighted by Gasteiger charge is -2.05. The number of rotatable bonds is 7. The molecule has 0 saturated carbocycles. The highest BCUT2D eigenvalue weighted by atomic mass is 32.1. The van der Waals surface area contributed by atoms with E-state index in [2.05, 4.69) is 15.3 Å². The molecule has 0 fully saturated rings. The lowest BCUT2D eigenvalue weighted by atomic mass is 10.1. The van der Waals surface area contributed by atoms with Crippen LogP contribution >= 0.6 is 11.3 Å². The molecule has 0 unspecified atom stereocenters. The Morgan fingerprint density at radius 3 is 2.64 bits per heavy atom. The Balaban J connectivity index is 1.47. The summed E-state index contributed by atoms with van der Waals surface area (Å²) in [5.74, 6) is 0.821. The first-order valence-corrected chi connectivity index (χ1v) is 8.87. The Morgan fingerprint density at radius 1 is 1.16 bits per heavy atom. The monoisotopic (exact) mass is 353 g/mol. The predicted molar refractivity (Wildman–Crippen MR) is 98.8 cm³/mol. The van der Waals surface area contributed by atoms with Crippen LogP contribution in [0, 0.1) is 0 Å². The van der Waals surface area contributed by atoms with Crippen molar-refractivity contribution in [3.05, 3.63) is 65.4 Å². The minimum Gasteiger partial charge on any atom is -0.497 e. The van der Waals surface area contributed by atoms with Gasteiger partial charge in [-0.15, -0.1) is 11.3 Å². The molecule has 0 spiro atoms. The zero-order chi connectivity index (χ0) is 17.5. The first-order chi connectivity index (χ1) is 12.2. The van der Waals surface area contributed by atoms with Crippen molar-refractivity contribution in [2.75, 3.05) is 13.7 Å². The van der Waals surface area contributed by atoms with Crippen LogP contribution in [-0.2, 0) is 17.6 Å². The lowest BCUT2D eigenvalue weighted by Crippen LogP contribution is -2.27. The molecule has 25 heavy (non-hydrogen) atoms. The van der Waals surface area contributed by atoms with Crippen molar-refractivity contribution in [1.82, 2.24) is 15.3 Å². The van der Waals surface area contributed by atoms with E-state index in [1.54, 1.807) is 19.5 Å². The van der Waals surface area contributed by atoms with E-state index >= 15 is 0 Å². The summed E-state index contributed by atoms with van der Waals surface area (Å²) in [5.41, 5.74) is 2.97. The van der Waals surface area contributed by atoms with E-state index in [-0.39, 0.29) is 5.91 Å². The molecule has 0 aliphatic carbocycles. The summed E-state index contributed by atoms with van der Waals surface area (Å²) in [6, 6.07) is 11.7. The minimum absolute atomic E-state index is 0.0138. The van der Waals surface area contributed by atoms with E-state index in [0.717, 1.165) is 34.0 Å². The fourth-order valence-corrected chi connectivity index (χ4v) is 3.21. The Morgan fingerprint density at radius 2 is 1.92 bits per heavy atom. The summed E-state index contributed by atoms with van der Waals surface area (Å²) in [5, 5.41) is 5.78. The van der Waals surface area contributed by atoms with Gasteiger partial charge in [-0.1, -0.05) is 12.1 Å². The highest BCUT2D eigenvalue weighted by molar-refractivity contribution is 7.13. The van der Waals surface area contributed by atoms with Crippen LogP contribution in [0.3, 0.4) is 0 Å². The molecule has 6 heteroatoms. The average molecular weight is 353 g/mol. The number of hydrogen-bond acceptors (Lipinski definition) is 5. The normalized spacial score (nSPS) is 10.4. The second-order valence-corrected chi connectivity index (χ2v) is 6.36. The van der Waals surface area contributed by atoms with Gasteiger partial charge in [0.25, 0.3) is 0 Å². The summed E-state index contributed by atoms with van der Waals surface area (Å²) in [6.45, 7) is 0.604. The number of benzene rings is 1. The lowest BCUT2D eigenvalue weighted by molar-refractivity contribution is -0.120. The Labute approximate surface area is 150 Å². The van der Waals surface area contributed by atoms with Gasteiger partial charge < -0.3 is 10.1 Å². The number of thiazole rings is 1. The van der Waals surface area contributed by atoms with Crippen LogP contribution in [-0.4, -0.2) is 29.5 Å². The molecule has 2 aromatic heterocycles. The van der Waals surface area contributed by atoms with Gasteiger partial charge in [0.1, 0.15) is 10.8 Å². The number of pyridine rings is 1. The van der Waals surface area contributed by atoms with Crippen LogP contribution in [0.25, 0.3) is 10.6 Å².